The minimum atomic E-state index is -0.716. The van der Waals surface area contributed by atoms with Gasteiger partial charge in [0.25, 0.3) is 0 Å². The van der Waals surface area contributed by atoms with Gasteiger partial charge in [-0.05, 0) is 45.4 Å². The van der Waals surface area contributed by atoms with Crippen LogP contribution in [0, 0.1) is 6.92 Å². The zero-order valence-electron chi connectivity index (χ0n) is 10.6. The topological polar surface area (TPSA) is 49.5 Å². The number of aliphatic hydroxyl groups is 1. The van der Waals surface area contributed by atoms with Gasteiger partial charge in [-0.25, -0.2) is 0 Å². The molecule has 0 aliphatic heterocycles. The van der Waals surface area contributed by atoms with E-state index in [0.29, 0.717) is 6.54 Å². The summed E-state index contributed by atoms with van der Waals surface area (Å²) in [6, 6.07) is 5.97. The van der Waals surface area contributed by atoms with E-state index in [1.807, 2.05) is 32.9 Å². The van der Waals surface area contributed by atoms with Crippen LogP contribution in [0.15, 0.2) is 18.2 Å². The molecule has 0 radical (unpaired) electrons. The first kappa shape index (κ1) is 12.8. The largest absolute Gasteiger partial charge is 0.397 e. The molecule has 0 aliphatic rings. The molecule has 1 aromatic carbocycles. The highest BCUT2D eigenvalue weighted by molar-refractivity contribution is 5.68. The first-order valence-electron chi connectivity index (χ1n) is 5.67. The summed E-state index contributed by atoms with van der Waals surface area (Å²) in [6.07, 6.45) is 0. The van der Waals surface area contributed by atoms with Crippen molar-refractivity contribution in [2.75, 3.05) is 23.7 Å². The number of anilines is 2. The van der Waals surface area contributed by atoms with Crippen LogP contribution in [-0.2, 0) is 0 Å². The van der Waals surface area contributed by atoms with Crippen LogP contribution >= 0.6 is 0 Å². The van der Waals surface area contributed by atoms with Gasteiger partial charge in [0.15, 0.2) is 0 Å². The van der Waals surface area contributed by atoms with Crippen LogP contribution in [0.4, 0.5) is 11.4 Å². The summed E-state index contributed by atoms with van der Waals surface area (Å²) < 4.78 is 0. The molecule has 3 N–H and O–H groups in total. The van der Waals surface area contributed by atoms with Crippen molar-refractivity contribution in [2.24, 2.45) is 0 Å². The molecule has 16 heavy (non-hydrogen) atoms. The maximum absolute atomic E-state index is 9.86. The number of aryl methyl sites for hydroxylation is 1. The van der Waals surface area contributed by atoms with Gasteiger partial charge >= 0.3 is 0 Å². The fourth-order valence-electron chi connectivity index (χ4n) is 1.76. The van der Waals surface area contributed by atoms with Crippen LogP contribution in [0.3, 0.4) is 0 Å². The van der Waals surface area contributed by atoms with Crippen molar-refractivity contribution in [3.63, 3.8) is 0 Å². The average molecular weight is 222 g/mol. The van der Waals surface area contributed by atoms with Crippen molar-refractivity contribution in [3.8, 4) is 0 Å². The van der Waals surface area contributed by atoms with E-state index in [1.165, 1.54) is 5.56 Å². The number of nitrogen functional groups attached to an aromatic ring is 1. The Labute approximate surface area is 97.9 Å². The first-order valence-corrected chi connectivity index (χ1v) is 5.67. The number of hydrogen-bond acceptors (Lipinski definition) is 3. The molecule has 1 rings (SSSR count). The number of nitrogens with two attached hydrogens (primary N) is 1. The maximum atomic E-state index is 9.86. The van der Waals surface area contributed by atoms with Crippen LogP contribution in [0.2, 0.25) is 0 Å². The fourth-order valence-corrected chi connectivity index (χ4v) is 1.76. The summed E-state index contributed by atoms with van der Waals surface area (Å²) in [4.78, 5) is 2.10. The van der Waals surface area contributed by atoms with E-state index in [1.54, 1.807) is 0 Å². The Hall–Kier alpha value is -1.22. The van der Waals surface area contributed by atoms with Crippen molar-refractivity contribution in [1.29, 1.82) is 0 Å². The third kappa shape index (κ3) is 3.42. The monoisotopic (exact) mass is 222 g/mol. The summed E-state index contributed by atoms with van der Waals surface area (Å²) >= 11 is 0. The van der Waals surface area contributed by atoms with E-state index in [2.05, 4.69) is 17.9 Å². The molecule has 0 fully saturated rings. The molecular formula is C13H22N2O. The second-order valence-corrected chi connectivity index (χ2v) is 4.89. The summed E-state index contributed by atoms with van der Waals surface area (Å²) in [7, 11) is 0. The van der Waals surface area contributed by atoms with E-state index in [4.69, 9.17) is 5.73 Å². The highest BCUT2D eigenvalue weighted by Crippen LogP contribution is 2.25. The molecule has 3 nitrogen and oxygen atoms in total. The van der Waals surface area contributed by atoms with Gasteiger partial charge in [-0.15, -0.1) is 0 Å². The van der Waals surface area contributed by atoms with E-state index in [-0.39, 0.29) is 0 Å². The predicted molar refractivity (Wildman–Crippen MR) is 69.8 cm³/mol. The SMILES string of the molecule is CCN(CC(C)(C)O)c1cc(C)ccc1N. The molecule has 0 unspecified atom stereocenters. The van der Waals surface area contributed by atoms with Crippen molar-refractivity contribution < 1.29 is 5.11 Å². The van der Waals surface area contributed by atoms with Crippen molar-refractivity contribution >= 4 is 11.4 Å². The van der Waals surface area contributed by atoms with Gasteiger partial charge in [0.05, 0.1) is 17.0 Å². The standard InChI is InChI=1S/C13H22N2O/c1-5-15(9-13(3,4)16)12-8-10(2)6-7-11(12)14/h6-8,16H,5,9,14H2,1-4H3. The van der Waals surface area contributed by atoms with Gasteiger partial charge in [0, 0.05) is 13.1 Å². The summed E-state index contributed by atoms with van der Waals surface area (Å²) in [5, 5.41) is 9.86. The molecule has 0 saturated carbocycles. The number of likely N-dealkylation sites (N-methyl/N-ethyl adjacent to an activating group) is 1. The zero-order valence-corrected chi connectivity index (χ0v) is 10.6. The van der Waals surface area contributed by atoms with Gasteiger partial charge in [0.1, 0.15) is 0 Å². The number of rotatable bonds is 4. The van der Waals surface area contributed by atoms with E-state index >= 15 is 0 Å². The third-order valence-corrected chi connectivity index (χ3v) is 2.49. The molecular weight excluding hydrogens is 200 g/mol. The minimum Gasteiger partial charge on any atom is -0.397 e. The van der Waals surface area contributed by atoms with Gasteiger partial charge in [-0.3, -0.25) is 0 Å². The number of hydrogen-bond donors (Lipinski definition) is 2. The molecule has 0 aliphatic carbocycles. The number of nitrogens with zero attached hydrogens (tertiary/aromatic N) is 1. The molecule has 90 valence electrons. The van der Waals surface area contributed by atoms with Gasteiger partial charge < -0.3 is 15.7 Å². The third-order valence-electron chi connectivity index (χ3n) is 2.49. The second kappa shape index (κ2) is 4.74. The normalized spacial score (nSPS) is 11.6. The lowest BCUT2D eigenvalue weighted by Gasteiger charge is -2.31. The quantitative estimate of drug-likeness (QED) is 0.768. The Morgan fingerprint density at radius 3 is 2.50 bits per heavy atom. The van der Waals surface area contributed by atoms with Crippen molar-refractivity contribution in [1.82, 2.24) is 0 Å². The minimum absolute atomic E-state index is 0.581. The van der Waals surface area contributed by atoms with Crippen molar-refractivity contribution in [2.45, 2.75) is 33.3 Å². The highest BCUT2D eigenvalue weighted by Gasteiger charge is 2.18. The van der Waals surface area contributed by atoms with Crippen LogP contribution in [-0.4, -0.2) is 23.8 Å². The van der Waals surface area contributed by atoms with Gasteiger partial charge in [-0.1, -0.05) is 6.07 Å². The fraction of sp³-hybridized carbons (Fsp3) is 0.538. The summed E-state index contributed by atoms with van der Waals surface area (Å²) in [5.41, 5.74) is 8.19. The Morgan fingerprint density at radius 2 is 2.00 bits per heavy atom. The molecule has 0 aromatic heterocycles. The van der Waals surface area contributed by atoms with Gasteiger partial charge in [0.2, 0.25) is 0 Å². The molecule has 0 spiro atoms. The van der Waals surface area contributed by atoms with E-state index < -0.39 is 5.60 Å². The number of benzene rings is 1. The lowest BCUT2D eigenvalue weighted by molar-refractivity contribution is 0.0876. The van der Waals surface area contributed by atoms with Crippen LogP contribution < -0.4 is 10.6 Å². The molecule has 0 atom stereocenters. The zero-order chi connectivity index (χ0) is 12.3. The molecule has 0 saturated heterocycles. The molecule has 0 heterocycles. The smallest absolute Gasteiger partial charge is 0.0765 e. The Balaban J connectivity index is 2.99. The average Bonchev–Trinajstić information content (AvgIpc) is 2.17. The van der Waals surface area contributed by atoms with E-state index in [0.717, 1.165) is 17.9 Å². The summed E-state index contributed by atoms with van der Waals surface area (Å²) in [6.45, 7) is 9.13. The molecule has 1 aromatic rings. The lowest BCUT2D eigenvalue weighted by atomic mass is 10.1. The first-order chi connectivity index (χ1) is 7.33. The highest BCUT2D eigenvalue weighted by atomic mass is 16.3. The second-order valence-electron chi connectivity index (χ2n) is 4.89. The molecule has 0 amide bonds. The molecule has 3 heteroatoms. The Morgan fingerprint density at radius 1 is 1.38 bits per heavy atom. The Kier molecular flexibility index (Phi) is 3.81. The van der Waals surface area contributed by atoms with Crippen LogP contribution in [0.5, 0.6) is 0 Å². The lowest BCUT2D eigenvalue weighted by Crippen LogP contribution is -2.38. The summed E-state index contributed by atoms with van der Waals surface area (Å²) in [5.74, 6) is 0. The van der Waals surface area contributed by atoms with Crippen LogP contribution in [0.1, 0.15) is 26.3 Å². The van der Waals surface area contributed by atoms with Crippen LogP contribution in [0.25, 0.3) is 0 Å². The van der Waals surface area contributed by atoms with E-state index in [9.17, 15) is 5.11 Å². The maximum Gasteiger partial charge on any atom is 0.0765 e. The Bertz CT molecular complexity index is 355. The van der Waals surface area contributed by atoms with Crippen molar-refractivity contribution in [3.05, 3.63) is 23.8 Å². The molecule has 0 bridgehead atoms. The predicted octanol–water partition coefficient (Wildman–Crippen LogP) is 2.17. The van der Waals surface area contributed by atoms with Gasteiger partial charge in [-0.2, -0.15) is 0 Å².